The molecule has 0 aliphatic rings. The van der Waals surface area contributed by atoms with Crippen LogP contribution in [0.2, 0.25) is 0 Å². The molecule has 2 rings (SSSR count). The van der Waals surface area contributed by atoms with Crippen LogP contribution in [0.1, 0.15) is 41.6 Å². The van der Waals surface area contributed by atoms with Crippen LogP contribution in [0.15, 0.2) is 18.3 Å². The van der Waals surface area contributed by atoms with Crippen molar-refractivity contribution in [1.82, 2.24) is 9.38 Å². The van der Waals surface area contributed by atoms with E-state index in [-0.39, 0.29) is 5.92 Å². The Labute approximate surface area is 94.1 Å². The van der Waals surface area contributed by atoms with Gasteiger partial charge in [0.25, 0.3) is 5.91 Å². The number of carbonyl (C=O) groups excluding carboxylic acids is 1. The van der Waals surface area contributed by atoms with Gasteiger partial charge in [0.1, 0.15) is 5.82 Å². The molecule has 2 aromatic heterocycles. The molecule has 2 aromatic rings. The fourth-order valence-corrected chi connectivity index (χ4v) is 1.91. The lowest BCUT2D eigenvalue weighted by Crippen LogP contribution is -2.12. The molecule has 0 unspecified atom stereocenters. The number of nitrogens with two attached hydrogens (primary N) is 1. The number of aryl methyl sites for hydroxylation is 1. The van der Waals surface area contributed by atoms with E-state index in [0.717, 1.165) is 16.9 Å². The van der Waals surface area contributed by atoms with E-state index in [4.69, 9.17) is 5.73 Å². The largest absolute Gasteiger partial charge is 0.364 e. The molecule has 4 heteroatoms. The van der Waals surface area contributed by atoms with Crippen LogP contribution >= 0.6 is 0 Å². The van der Waals surface area contributed by atoms with Crippen molar-refractivity contribution < 1.29 is 4.79 Å². The molecule has 0 aliphatic heterocycles. The minimum atomic E-state index is -0.473. The molecule has 4 nitrogen and oxygen atoms in total. The summed E-state index contributed by atoms with van der Waals surface area (Å²) in [5.41, 5.74) is 7.54. The van der Waals surface area contributed by atoms with Crippen LogP contribution in [-0.2, 0) is 0 Å². The van der Waals surface area contributed by atoms with Crippen LogP contribution in [0.5, 0.6) is 0 Å². The fourth-order valence-electron chi connectivity index (χ4n) is 1.91. The van der Waals surface area contributed by atoms with Crippen LogP contribution in [0.4, 0.5) is 0 Å². The monoisotopic (exact) mass is 217 g/mol. The molecule has 0 bridgehead atoms. The number of aromatic nitrogens is 2. The average molecular weight is 217 g/mol. The lowest BCUT2D eigenvalue weighted by Gasteiger charge is -2.04. The van der Waals surface area contributed by atoms with Gasteiger partial charge in [0.15, 0.2) is 5.69 Å². The van der Waals surface area contributed by atoms with Crippen molar-refractivity contribution in [2.24, 2.45) is 5.73 Å². The van der Waals surface area contributed by atoms with Crippen molar-refractivity contribution in [3.8, 4) is 0 Å². The summed E-state index contributed by atoms with van der Waals surface area (Å²) in [4.78, 5) is 15.7. The number of rotatable bonds is 2. The van der Waals surface area contributed by atoms with Gasteiger partial charge in [0, 0.05) is 12.1 Å². The first kappa shape index (κ1) is 10.7. The van der Waals surface area contributed by atoms with Crippen molar-refractivity contribution in [2.45, 2.75) is 26.7 Å². The fraction of sp³-hybridized carbons (Fsp3) is 0.333. The van der Waals surface area contributed by atoms with Crippen LogP contribution in [0, 0.1) is 6.92 Å². The third kappa shape index (κ3) is 1.46. The van der Waals surface area contributed by atoms with E-state index in [1.807, 2.05) is 43.5 Å². The van der Waals surface area contributed by atoms with E-state index in [1.165, 1.54) is 0 Å². The summed E-state index contributed by atoms with van der Waals surface area (Å²) < 4.78 is 1.94. The van der Waals surface area contributed by atoms with Crippen LogP contribution in [0.3, 0.4) is 0 Å². The minimum absolute atomic E-state index is 0.252. The Morgan fingerprint density at radius 1 is 1.50 bits per heavy atom. The first-order chi connectivity index (χ1) is 7.52. The quantitative estimate of drug-likeness (QED) is 0.834. The number of pyridine rings is 1. The van der Waals surface area contributed by atoms with Crippen LogP contribution in [0.25, 0.3) is 5.52 Å². The molecule has 2 N–H and O–H groups in total. The Hall–Kier alpha value is -1.84. The highest BCUT2D eigenvalue weighted by Crippen LogP contribution is 2.21. The van der Waals surface area contributed by atoms with Crippen molar-refractivity contribution in [3.63, 3.8) is 0 Å². The number of carbonyl (C=O) groups is 1. The average Bonchev–Trinajstić information content (AvgIpc) is 2.58. The van der Waals surface area contributed by atoms with Gasteiger partial charge in [-0.1, -0.05) is 19.9 Å². The van der Waals surface area contributed by atoms with E-state index in [9.17, 15) is 4.79 Å². The number of nitrogens with zero attached hydrogens (tertiary/aromatic N) is 2. The maximum atomic E-state index is 11.3. The van der Waals surface area contributed by atoms with E-state index in [1.54, 1.807) is 0 Å². The summed E-state index contributed by atoms with van der Waals surface area (Å²) in [6.45, 7) is 6.04. The number of fused-ring (bicyclic) bond motifs is 1. The Balaban J connectivity index is 2.87. The van der Waals surface area contributed by atoms with Crippen molar-refractivity contribution in [1.29, 1.82) is 0 Å². The van der Waals surface area contributed by atoms with Crippen molar-refractivity contribution in [3.05, 3.63) is 35.4 Å². The number of imidazole rings is 1. The van der Waals surface area contributed by atoms with Gasteiger partial charge in [-0.05, 0) is 18.6 Å². The summed E-state index contributed by atoms with van der Waals surface area (Å²) in [5, 5.41) is 0. The first-order valence-electron chi connectivity index (χ1n) is 5.29. The molecule has 0 radical (unpaired) electrons. The molecular weight excluding hydrogens is 202 g/mol. The smallest absolute Gasteiger partial charge is 0.269 e. The molecule has 0 spiro atoms. The van der Waals surface area contributed by atoms with Gasteiger partial charge < -0.3 is 10.1 Å². The SMILES string of the molecule is Cc1cccn2c(C(C)C)nc(C(N)=O)c12. The Morgan fingerprint density at radius 2 is 2.19 bits per heavy atom. The van der Waals surface area contributed by atoms with Gasteiger partial charge in [0.2, 0.25) is 0 Å². The standard InChI is InChI=1S/C12H15N3O/c1-7(2)12-14-9(11(13)16)10-8(3)5-4-6-15(10)12/h4-7H,1-3H3,(H2,13,16). The zero-order valence-corrected chi connectivity index (χ0v) is 9.69. The van der Waals surface area contributed by atoms with E-state index in [2.05, 4.69) is 4.98 Å². The normalized spacial score (nSPS) is 11.2. The topological polar surface area (TPSA) is 60.4 Å². The molecule has 0 aromatic carbocycles. The Morgan fingerprint density at radius 3 is 2.75 bits per heavy atom. The number of hydrogen-bond acceptors (Lipinski definition) is 2. The van der Waals surface area contributed by atoms with Gasteiger partial charge in [-0.25, -0.2) is 4.98 Å². The molecule has 0 fully saturated rings. The lowest BCUT2D eigenvalue weighted by atomic mass is 10.2. The minimum Gasteiger partial charge on any atom is -0.364 e. The summed E-state index contributed by atoms with van der Waals surface area (Å²) in [6.07, 6.45) is 1.91. The van der Waals surface area contributed by atoms with Gasteiger partial charge >= 0.3 is 0 Å². The summed E-state index contributed by atoms with van der Waals surface area (Å²) in [5.74, 6) is 0.647. The third-order valence-corrected chi connectivity index (χ3v) is 2.64. The zero-order chi connectivity index (χ0) is 11.9. The number of hydrogen-bond donors (Lipinski definition) is 1. The molecule has 0 aliphatic carbocycles. The highest BCUT2D eigenvalue weighted by Gasteiger charge is 2.17. The summed E-state index contributed by atoms with van der Waals surface area (Å²) >= 11 is 0. The lowest BCUT2D eigenvalue weighted by molar-refractivity contribution is 0.0997. The summed E-state index contributed by atoms with van der Waals surface area (Å²) in [6, 6.07) is 3.90. The van der Waals surface area contributed by atoms with Crippen molar-refractivity contribution in [2.75, 3.05) is 0 Å². The highest BCUT2D eigenvalue weighted by atomic mass is 16.1. The zero-order valence-electron chi connectivity index (χ0n) is 9.69. The molecular formula is C12H15N3O. The van der Waals surface area contributed by atoms with E-state index >= 15 is 0 Å². The van der Waals surface area contributed by atoms with Gasteiger partial charge in [-0.3, -0.25) is 4.79 Å². The Bertz CT molecular complexity index is 555. The predicted octanol–water partition coefficient (Wildman–Crippen LogP) is 1.87. The third-order valence-electron chi connectivity index (χ3n) is 2.64. The second-order valence-corrected chi connectivity index (χ2v) is 4.25. The van der Waals surface area contributed by atoms with Gasteiger partial charge in [-0.15, -0.1) is 0 Å². The first-order valence-corrected chi connectivity index (χ1v) is 5.29. The predicted molar refractivity (Wildman–Crippen MR) is 62.5 cm³/mol. The molecule has 84 valence electrons. The van der Waals surface area contributed by atoms with Crippen LogP contribution < -0.4 is 5.73 Å². The number of amides is 1. The van der Waals surface area contributed by atoms with E-state index in [0.29, 0.717) is 5.69 Å². The molecule has 2 heterocycles. The molecule has 0 atom stereocenters. The van der Waals surface area contributed by atoms with Gasteiger partial charge in [0.05, 0.1) is 5.52 Å². The number of primary amides is 1. The van der Waals surface area contributed by atoms with E-state index < -0.39 is 5.91 Å². The molecule has 0 saturated heterocycles. The second kappa shape index (κ2) is 3.63. The maximum absolute atomic E-state index is 11.3. The van der Waals surface area contributed by atoms with Crippen molar-refractivity contribution >= 4 is 11.4 Å². The molecule has 1 amide bonds. The molecule has 16 heavy (non-hydrogen) atoms. The molecule has 0 saturated carbocycles. The highest BCUT2D eigenvalue weighted by molar-refractivity contribution is 5.98. The second-order valence-electron chi connectivity index (χ2n) is 4.25. The summed E-state index contributed by atoms with van der Waals surface area (Å²) in [7, 11) is 0. The van der Waals surface area contributed by atoms with Crippen LogP contribution in [-0.4, -0.2) is 15.3 Å². The van der Waals surface area contributed by atoms with Gasteiger partial charge in [-0.2, -0.15) is 0 Å². The Kier molecular flexibility index (Phi) is 2.42. The maximum Gasteiger partial charge on any atom is 0.269 e.